The Labute approximate surface area is 111 Å². The van der Waals surface area contributed by atoms with Gasteiger partial charge in [-0.2, -0.15) is 4.37 Å². The number of amides is 1. The predicted molar refractivity (Wildman–Crippen MR) is 72.2 cm³/mol. The van der Waals surface area contributed by atoms with Gasteiger partial charge >= 0.3 is 0 Å². The molecule has 1 aliphatic heterocycles. The summed E-state index contributed by atoms with van der Waals surface area (Å²) >= 11 is 1.19. The minimum atomic E-state index is 0.0146. The van der Waals surface area contributed by atoms with Gasteiger partial charge in [0.2, 0.25) is 0 Å². The number of allylic oxidation sites excluding steroid dienone is 2. The van der Waals surface area contributed by atoms with E-state index in [0.29, 0.717) is 16.6 Å². The molecule has 0 saturated carbocycles. The topological polar surface area (TPSA) is 59.2 Å². The number of fused-ring (bicyclic) bond motifs is 1. The summed E-state index contributed by atoms with van der Waals surface area (Å²) in [5.41, 5.74) is 7.36. The Morgan fingerprint density at radius 1 is 1.44 bits per heavy atom. The molecule has 1 aliphatic carbocycles. The molecule has 4 nitrogen and oxygen atoms in total. The predicted octanol–water partition coefficient (Wildman–Crippen LogP) is 2.65. The highest BCUT2D eigenvalue weighted by Crippen LogP contribution is 2.35. The number of nitrogens with two attached hydrogens (primary N) is 1. The average molecular weight is 263 g/mol. The number of anilines is 1. The van der Waals surface area contributed by atoms with Gasteiger partial charge in [-0.3, -0.25) is 4.79 Å². The van der Waals surface area contributed by atoms with Crippen LogP contribution in [0.3, 0.4) is 0 Å². The van der Waals surface area contributed by atoms with Crippen molar-refractivity contribution in [3.8, 4) is 0 Å². The summed E-state index contributed by atoms with van der Waals surface area (Å²) in [6, 6.07) is 1.68. The van der Waals surface area contributed by atoms with E-state index in [2.05, 4.69) is 10.4 Å². The average Bonchev–Trinajstić information content (AvgIpc) is 2.84. The van der Waals surface area contributed by atoms with Crippen LogP contribution < -0.4 is 5.73 Å². The van der Waals surface area contributed by atoms with Gasteiger partial charge in [-0.15, -0.1) is 0 Å². The summed E-state index contributed by atoms with van der Waals surface area (Å²) in [6.45, 7) is 0.818. The first-order chi connectivity index (χ1) is 8.75. The van der Waals surface area contributed by atoms with E-state index in [4.69, 9.17) is 5.73 Å². The number of nitrogens with zero attached hydrogens (tertiary/aromatic N) is 2. The number of hydrogen-bond acceptors (Lipinski definition) is 4. The molecular weight excluding hydrogens is 246 g/mol. The zero-order valence-corrected chi connectivity index (χ0v) is 11.1. The highest BCUT2D eigenvalue weighted by Gasteiger charge is 2.31. The smallest absolute Gasteiger partial charge is 0.277 e. The van der Waals surface area contributed by atoms with E-state index in [1.54, 1.807) is 6.07 Å². The molecule has 0 bridgehead atoms. The van der Waals surface area contributed by atoms with Gasteiger partial charge in [0.25, 0.3) is 5.91 Å². The van der Waals surface area contributed by atoms with Crippen LogP contribution >= 0.6 is 11.5 Å². The van der Waals surface area contributed by atoms with E-state index in [0.717, 1.165) is 19.4 Å². The Bertz CT molecular complexity index is 494. The lowest BCUT2D eigenvalue weighted by atomic mass is 9.85. The summed E-state index contributed by atoms with van der Waals surface area (Å²) in [5.74, 6) is 0.591. The van der Waals surface area contributed by atoms with Crippen molar-refractivity contribution in [2.24, 2.45) is 5.92 Å². The lowest BCUT2D eigenvalue weighted by molar-refractivity contribution is 0.0744. The first-order valence-corrected chi connectivity index (χ1v) is 7.27. The Morgan fingerprint density at radius 2 is 2.28 bits per heavy atom. The molecule has 2 aliphatic rings. The molecule has 1 saturated heterocycles. The molecule has 1 aromatic heterocycles. The molecule has 0 aromatic carbocycles. The van der Waals surface area contributed by atoms with Crippen LogP contribution in [0.4, 0.5) is 5.00 Å². The van der Waals surface area contributed by atoms with Gasteiger partial charge in [0, 0.05) is 18.3 Å². The van der Waals surface area contributed by atoms with Crippen molar-refractivity contribution in [3.05, 3.63) is 23.5 Å². The fourth-order valence-electron chi connectivity index (χ4n) is 2.92. The van der Waals surface area contributed by atoms with Crippen molar-refractivity contribution in [2.75, 3.05) is 12.3 Å². The van der Waals surface area contributed by atoms with Crippen LogP contribution in [0.2, 0.25) is 0 Å². The van der Waals surface area contributed by atoms with Crippen molar-refractivity contribution >= 4 is 22.4 Å². The van der Waals surface area contributed by atoms with Gasteiger partial charge in [0.05, 0.1) is 0 Å². The molecule has 1 atom stereocenters. The molecule has 18 heavy (non-hydrogen) atoms. The molecule has 96 valence electrons. The zero-order chi connectivity index (χ0) is 12.5. The Hall–Kier alpha value is -1.36. The third kappa shape index (κ3) is 2.03. The van der Waals surface area contributed by atoms with Crippen molar-refractivity contribution in [1.29, 1.82) is 0 Å². The van der Waals surface area contributed by atoms with Crippen LogP contribution in [0, 0.1) is 5.92 Å². The molecule has 1 amide bonds. The third-order valence-electron chi connectivity index (χ3n) is 3.77. The second kappa shape index (κ2) is 4.72. The SMILES string of the molecule is Nc1cc(C(=O)N2CCC[C@@H]3CCCC=C32)ns1. The van der Waals surface area contributed by atoms with E-state index in [1.165, 1.54) is 36.5 Å². The number of nitrogen functional groups attached to an aromatic ring is 1. The van der Waals surface area contributed by atoms with E-state index in [9.17, 15) is 4.79 Å². The molecule has 0 unspecified atom stereocenters. The quantitative estimate of drug-likeness (QED) is 0.847. The molecule has 0 spiro atoms. The minimum absolute atomic E-state index is 0.0146. The van der Waals surface area contributed by atoms with Crippen molar-refractivity contribution in [2.45, 2.75) is 32.1 Å². The number of carbonyl (C=O) groups is 1. The minimum Gasteiger partial charge on any atom is -0.389 e. The highest BCUT2D eigenvalue weighted by molar-refractivity contribution is 7.10. The van der Waals surface area contributed by atoms with E-state index >= 15 is 0 Å². The summed E-state index contributed by atoms with van der Waals surface area (Å²) in [7, 11) is 0. The number of piperidine rings is 1. The fourth-order valence-corrected chi connectivity index (χ4v) is 3.42. The molecule has 1 aromatic rings. The first-order valence-electron chi connectivity index (χ1n) is 6.50. The van der Waals surface area contributed by atoms with Crippen LogP contribution in [-0.4, -0.2) is 21.7 Å². The zero-order valence-electron chi connectivity index (χ0n) is 10.3. The van der Waals surface area contributed by atoms with E-state index in [-0.39, 0.29) is 5.91 Å². The van der Waals surface area contributed by atoms with Crippen LogP contribution in [0.25, 0.3) is 0 Å². The fraction of sp³-hybridized carbons (Fsp3) is 0.538. The van der Waals surface area contributed by atoms with Gasteiger partial charge in [0.15, 0.2) is 0 Å². The van der Waals surface area contributed by atoms with Crippen molar-refractivity contribution < 1.29 is 4.79 Å². The highest BCUT2D eigenvalue weighted by atomic mass is 32.1. The van der Waals surface area contributed by atoms with E-state index < -0.39 is 0 Å². The molecule has 2 N–H and O–H groups in total. The molecule has 3 rings (SSSR count). The van der Waals surface area contributed by atoms with E-state index in [1.807, 2.05) is 4.90 Å². The number of carbonyl (C=O) groups excluding carboxylic acids is 1. The molecule has 5 heteroatoms. The maximum atomic E-state index is 12.4. The van der Waals surface area contributed by atoms with Crippen LogP contribution in [-0.2, 0) is 0 Å². The summed E-state index contributed by atoms with van der Waals surface area (Å²) < 4.78 is 4.13. The summed E-state index contributed by atoms with van der Waals surface area (Å²) in [4.78, 5) is 14.4. The number of aromatic nitrogens is 1. The second-order valence-corrected chi connectivity index (χ2v) is 5.81. The maximum absolute atomic E-state index is 12.4. The van der Waals surface area contributed by atoms with Crippen LogP contribution in [0.1, 0.15) is 42.6 Å². The summed E-state index contributed by atoms with van der Waals surface area (Å²) in [6.07, 6.45) is 8.10. The van der Waals surface area contributed by atoms with Gasteiger partial charge in [-0.1, -0.05) is 6.08 Å². The van der Waals surface area contributed by atoms with Crippen molar-refractivity contribution in [3.63, 3.8) is 0 Å². The second-order valence-electron chi connectivity index (χ2n) is 4.97. The Kier molecular flexibility index (Phi) is 3.07. The maximum Gasteiger partial charge on any atom is 0.277 e. The van der Waals surface area contributed by atoms with Gasteiger partial charge in [-0.05, 0) is 49.6 Å². The standard InChI is InChI=1S/C13H17N3OS/c14-12-8-10(15-18-12)13(17)16-7-3-5-9-4-1-2-6-11(9)16/h6,8-9H,1-5,7,14H2/t9-/m0/s1. The molecule has 2 heterocycles. The molecule has 1 fully saturated rings. The number of rotatable bonds is 1. The lowest BCUT2D eigenvalue weighted by Gasteiger charge is -2.37. The Balaban J connectivity index is 1.86. The van der Waals surface area contributed by atoms with Crippen LogP contribution in [0.5, 0.6) is 0 Å². The monoisotopic (exact) mass is 263 g/mol. The van der Waals surface area contributed by atoms with Gasteiger partial charge in [-0.25, -0.2) is 0 Å². The number of hydrogen-bond donors (Lipinski definition) is 1. The Morgan fingerprint density at radius 3 is 3.06 bits per heavy atom. The van der Waals surface area contributed by atoms with Gasteiger partial charge < -0.3 is 10.6 Å². The summed E-state index contributed by atoms with van der Waals surface area (Å²) in [5, 5.41) is 0.601. The number of likely N-dealkylation sites (tertiary alicyclic amines) is 1. The van der Waals surface area contributed by atoms with Crippen LogP contribution in [0.15, 0.2) is 17.8 Å². The lowest BCUT2D eigenvalue weighted by Crippen LogP contribution is -2.39. The molecular formula is C13H17N3OS. The first kappa shape index (κ1) is 11.7. The third-order valence-corrected chi connectivity index (χ3v) is 4.38. The molecule has 0 radical (unpaired) electrons. The van der Waals surface area contributed by atoms with Gasteiger partial charge in [0.1, 0.15) is 10.7 Å². The largest absolute Gasteiger partial charge is 0.389 e. The van der Waals surface area contributed by atoms with Crippen molar-refractivity contribution in [1.82, 2.24) is 9.27 Å². The normalized spacial score (nSPS) is 23.4.